The van der Waals surface area contributed by atoms with Crippen molar-refractivity contribution >= 4 is 18.9 Å². The molecule has 1 saturated heterocycles. The van der Waals surface area contributed by atoms with Gasteiger partial charge in [-0.2, -0.15) is 0 Å². The highest BCUT2D eigenvalue weighted by molar-refractivity contribution is 6.38. The highest BCUT2D eigenvalue weighted by Crippen LogP contribution is 2.38. The Labute approximate surface area is 131 Å². The van der Waals surface area contributed by atoms with Gasteiger partial charge in [-0.15, -0.1) is 0 Å². The first-order valence-corrected chi connectivity index (χ1v) is 7.12. The normalized spacial score (nSPS) is 18.9. The van der Waals surface area contributed by atoms with Crippen molar-refractivity contribution in [1.29, 1.82) is 0 Å². The lowest BCUT2D eigenvalue weighted by Gasteiger charge is -2.31. The van der Waals surface area contributed by atoms with E-state index >= 15 is 0 Å². The van der Waals surface area contributed by atoms with Crippen molar-refractivity contribution in [1.82, 2.24) is 0 Å². The molecule has 7 heteroatoms. The number of hydrogen-bond acceptors (Lipinski definition) is 5. The summed E-state index contributed by atoms with van der Waals surface area (Å²) in [6, 6.07) is 5.12. The van der Waals surface area contributed by atoms with Crippen LogP contribution >= 0.6 is 0 Å². The average molecular weight is 307 g/mol. The summed E-state index contributed by atoms with van der Waals surface area (Å²) in [5, 5.41) is 2.70. The summed E-state index contributed by atoms with van der Waals surface area (Å²) in [6.45, 7) is 9.24. The molecule has 1 heterocycles. The zero-order valence-electron chi connectivity index (χ0n) is 13.9. The van der Waals surface area contributed by atoms with Gasteiger partial charge in [0.15, 0.2) is 0 Å². The first-order valence-electron chi connectivity index (χ1n) is 7.12. The summed E-state index contributed by atoms with van der Waals surface area (Å²) in [6.07, 6.45) is 0. The van der Waals surface area contributed by atoms with E-state index in [0.29, 0.717) is 17.2 Å². The van der Waals surface area contributed by atoms with Crippen LogP contribution in [0.4, 0.5) is 5.69 Å². The molecule has 1 aromatic carbocycles. The van der Waals surface area contributed by atoms with E-state index in [2.05, 4.69) is 5.32 Å². The molecule has 0 unspecified atom stereocenters. The van der Waals surface area contributed by atoms with Crippen LogP contribution in [-0.4, -0.2) is 31.5 Å². The molecule has 22 heavy (non-hydrogen) atoms. The fourth-order valence-corrected chi connectivity index (χ4v) is 2.00. The van der Waals surface area contributed by atoms with E-state index in [4.69, 9.17) is 18.7 Å². The van der Waals surface area contributed by atoms with Crippen molar-refractivity contribution in [3.8, 4) is 11.5 Å². The van der Waals surface area contributed by atoms with Crippen LogP contribution in [0.15, 0.2) is 18.2 Å². The Hall–Kier alpha value is -1.73. The van der Waals surface area contributed by atoms with Gasteiger partial charge in [-0.25, -0.2) is 0 Å². The van der Waals surface area contributed by atoms with E-state index in [1.54, 1.807) is 18.2 Å². The number of amides is 1. The van der Waals surface area contributed by atoms with Gasteiger partial charge in [0.1, 0.15) is 11.5 Å². The minimum Gasteiger partial charge on any atom is -0.512 e. The second-order valence-corrected chi connectivity index (χ2v) is 6.21. The predicted octanol–water partition coefficient (Wildman–Crippen LogP) is 2.62. The topological polar surface area (TPSA) is 66.0 Å². The van der Waals surface area contributed by atoms with Gasteiger partial charge in [0.05, 0.1) is 24.0 Å². The number of rotatable bonds is 4. The first kappa shape index (κ1) is 16.6. The number of benzene rings is 1. The molecule has 0 aliphatic carbocycles. The summed E-state index contributed by atoms with van der Waals surface area (Å²) in [5.41, 5.74) is -0.404. The van der Waals surface area contributed by atoms with Crippen LogP contribution in [0.25, 0.3) is 0 Å². The van der Waals surface area contributed by atoms with Crippen molar-refractivity contribution in [2.24, 2.45) is 0 Å². The molecule has 1 aliphatic heterocycles. The molecule has 6 nitrogen and oxygen atoms in total. The number of hydrogen-bond donors (Lipinski definition) is 1. The fraction of sp³-hybridized carbons (Fsp3) is 0.533. The van der Waals surface area contributed by atoms with Crippen LogP contribution in [0.5, 0.6) is 11.5 Å². The molecule has 1 fully saturated rings. The number of methoxy groups -OCH3 is 1. The molecule has 0 atom stereocenters. The molecule has 0 spiro atoms. The van der Waals surface area contributed by atoms with Crippen molar-refractivity contribution in [3.05, 3.63) is 18.2 Å². The molecule has 0 radical (unpaired) electrons. The highest BCUT2D eigenvalue weighted by atomic mass is 16.8. The van der Waals surface area contributed by atoms with Crippen molar-refractivity contribution in [2.75, 3.05) is 12.4 Å². The molecule has 120 valence electrons. The molecular weight excluding hydrogens is 285 g/mol. The average Bonchev–Trinajstić information content (AvgIpc) is 2.56. The molecule has 2 rings (SSSR count). The standard InChI is InChI=1S/C15H22BNO5/c1-10(18)17-12-9-11(7-8-13(12)19-6)20-16-21-14(2,3)15(4,5)22-16/h7-9H,1-6H3,(H,17,18). The molecule has 0 bridgehead atoms. The molecule has 0 aromatic heterocycles. The van der Waals surface area contributed by atoms with Crippen LogP contribution in [-0.2, 0) is 14.1 Å². The minimum atomic E-state index is -0.802. The van der Waals surface area contributed by atoms with E-state index in [1.165, 1.54) is 14.0 Å². The second-order valence-electron chi connectivity index (χ2n) is 6.21. The molecule has 1 aromatic rings. The van der Waals surface area contributed by atoms with Crippen LogP contribution in [0.2, 0.25) is 0 Å². The Morgan fingerprint density at radius 2 is 1.77 bits per heavy atom. The Balaban J connectivity index is 2.16. The fourth-order valence-electron chi connectivity index (χ4n) is 2.00. The van der Waals surface area contributed by atoms with Gasteiger partial charge >= 0.3 is 7.32 Å². The maximum atomic E-state index is 11.3. The lowest BCUT2D eigenvalue weighted by atomic mass is 9.90. The Kier molecular flexibility index (Phi) is 4.40. The number of carbonyl (C=O) groups is 1. The monoisotopic (exact) mass is 307 g/mol. The molecule has 1 amide bonds. The van der Waals surface area contributed by atoms with E-state index in [1.807, 2.05) is 27.7 Å². The first-order chi connectivity index (χ1) is 10.1. The lowest BCUT2D eigenvalue weighted by Crippen LogP contribution is -2.41. The smallest absolute Gasteiger partial charge is 0.512 e. The maximum Gasteiger partial charge on any atom is 0.714 e. The Morgan fingerprint density at radius 3 is 2.27 bits per heavy atom. The minimum absolute atomic E-state index is 0.189. The maximum absolute atomic E-state index is 11.3. The van der Waals surface area contributed by atoms with Gasteiger partial charge in [-0.1, -0.05) is 0 Å². The van der Waals surface area contributed by atoms with Crippen molar-refractivity contribution in [2.45, 2.75) is 45.8 Å². The van der Waals surface area contributed by atoms with Crippen LogP contribution in [0, 0.1) is 0 Å². The van der Waals surface area contributed by atoms with E-state index < -0.39 is 18.5 Å². The van der Waals surface area contributed by atoms with E-state index in [0.717, 1.165) is 0 Å². The van der Waals surface area contributed by atoms with Gasteiger partial charge in [-0.3, -0.25) is 4.79 Å². The third-order valence-electron chi connectivity index (χ3n) is 3.95. The van der Waals surface area contributed by atoms with Gasteiger partial charge in [0.2, 0.25) is 5.91 Å². The third kappa shape index (κ3) is 3.36. The molecular formula is C15H22BNO5. The van der Waals surface area contributed by atoms with Crippen LogP contribution in [0.1, 0.15) is 34.6 Å². The summed E-state index contributed by atoms with van der Waals surface area (Å²) < 4.78 is 22.5. The zero-order chi connectivity index (χ0) is 16.5. The molecule has 0 saturated carbocycles. The zero-order valence-corrected chi connectivity index (χ0v) is 13.9. The Morgan fingerprint density at radius 1 is 1.18 bits per heavy atom. The number of anilines is 1. The predicted molar refractivity (Wildman–Crippen MR) is 84.0 cm³/mol. The largest absolute Gasteiger partial charge is 0.714 e. The van der Waals surface area contributed by atoms with Crippen LogP contribution in [0.3, 0.4) is 0 Å². The van der Waals surface area contributed by atoms with Gasteiger partial charge in [-0.05, 0) is 39.8 Å². The quantitative estimate of drug-likeness (QED) is 0.866. The van der Waals surface area contributed by atoms with E-state index in [9.17, 15) is 4.79 Å². The molecule has 1 aliphatic rings. The summed E-state index contributed by atoms with van der Waals surface area (Å²) in [4.78, 5) is 11.3. The van der Waals surface area contributed by atoms with Crippen molar-refractivity contribution in [3.63, 3.8) is 0 Å². The van der Waals surface area contributed by atoms with Gasteiger partial charge in [0, 0.05) is 13.0 Å². The van der Waals surface area contributed by atoms with Crippen LogP contribution < -0.4 is 14.7 Å². The lowest BCUT2D eigenvalue weighted by molar-refractivity contribution is -0.114. The number of carbonyl (C=O) groups excluding carboxylic acids is 1. The SMILES string of the molecule is COc1ccc(OB2OC(C)(C)C(C)(C)O2)cc1NC(C)=O. The summed E-state index contributed by atoms with van der Waals surface area (Å²) >= 11 is 0. The third-order valence-corrected chi connectivity index (χ3v) is 3.95. The van der Waals surface area contributed by atoms with Crippen molar-refractivity contribution < 1.29 is 23.5 Å². The number of nitrogens with one attached hydrogen (secondary N) is 1. The Bertz CT molecular complexity index is 557. The molecule has 1 N–H and O–H groups in total. The van der Waals surface area contributed by atoms with Gasteiger partial charge < -0.3 is 24.0 Å². The summed E-state index contributed by atoms with van der Waals surface area (Å²) in [5.74, 6) is 0.880. The number of ether oxygens (including phenoxy) is 1. The summed E-state index contributed by atoms with van der Waals surface area (Å²) in [7, 11) is 0.735. The highest BCUT2D eigenvalue weighted by Gasteiger charge is 2.54. The second kappa shape index (κ2) is 5.81. The van der Waals surface area contributed by atoms with E-state index in [-0.39, 0.29) is 5.91 Å². The van der Waals surface area contributed by atoms with Gasteiger partial charge in [0.25, 0.3) is 0 Å².